The summed E-state index contributed by atoms with van der Waals surface area (Å²) in [5.41, 5.74) is 0. The Morgan fingerprint density at radius 1 is 1.17 bits per heavy atom. The van der Waals surface area contributed by atoms with Crippen LogP contribution in [0, 0.1) is 0 Å². The summed E-state index contributed by atoms with van der Waals surface area (Å²) in [6.07, 6.45) is -5.07. The summed E-state index contributed by atoms with van der Waals surface area (Å²) < 4.78 is 0. The third-order valence-electron chi connectivity index (χ3n) is 1.38. The van der Waals surface area contributed by atoms with Crippen LogP contribution in [0.25, 0.3) is 0 Å². The smallest absolute Gasteiger partial charge is 0.332 e. The van der Waals surface area contributed by atoms with Gasteiger partial charge in [-0.1, -0.05) is 0 Å². The first-order chi connectivity index (χ1) is 5.49. The molecule has 0 saturated carbocycles. The first-order valence-corrected chi connectivity index (χ1v) is 3.37. The highest BCUT2D eigenvalue weighted by molar-refractivity contribution is 5.71. The zero-order valence-corrected chi connectivity index (χ0v) is 6.29. The molecule has 0 heterocycles. The minimum absolute atomic E-state index is 0.503. The van der Waals surface area contributed by atoms with Crippen molar-refractivity contribution in [2.75, 3.05) is 6.61 Å². The van der Waals surface area contributed by atoms with Crippen molar-refractivity contribution in [1.29, 1.82) is 0 Å². The van der Waals surface area contributed by atoms with Gasteiger partial charge in [0.1, 0.15) is 6.10 Å². The van der Waals surface area contributed by atoms with E-state index in [1.165, 1.54) is 0 Å². The van der Waals surface area contributed by atoms with Crippen LogP contribution in [-0.2, 0) is 4.79 Å². The van der Waals surface area contributed by atoms with Gasteiger partial charge in [-0.25, -0.2) is 4.79 Å². The van der Waals surface area contributed by atoms with Gasteiger partial charge in [-0.3, -0.25) is 0 Å². The lowest BCUT2D eigenvalue weighted by molar-refractivity contribution is -0.149. The van der Waals surface area contributed by atoms with Crippen molar-refractivity contribution in [2.24, 2.45) is 0 Å². The van der Waals surface area contributed by atoms with Gasteiger partial charge in [0.05, 0.1) is 12.7 Å². The molecule has 0 spiro atoms. The summed E-state index contributed by atoms with van der Waals surface area (Å²) in [6.45, 7) is -0.673. The molecule has 0 aromatic heterocycles. The maximum atomic E-state index is 10.0. The zero-order chi connectivity index (χ0) is 9.72. The van der Waals surface area contributed by atoms with E-state index in [2.05, 4.69) is 0 Å². The molecular weight excluding hydrogens is 168 g/mol. The molecule has 0 radical (unpaired) electrons. The number of carboxylic acid groups (broad SMARTS) is 1. The molecule has 6 heteroatoms. The highest BCUT2D eigenvalue weighted by atomic mass is 16.4. The van der Waals surface area contributed by atoms with E-state index in [0.717, 1.165) is 0 Å². The number of carboxylic acids is 1. The predicted octanol–water partition coefficient (Wildman–Crippen LogP) is -2.46. The van der Waals surface area contributed by atoms with Crippen LogP contribution in [0.4, 0.5) is 0 Å². The number of aliphatic hydroxyl groups is 4. The standard InChI is InChI=1S/C6H12O6/c7-2-5(10)3(8)1-4(9)6(11)12/h3-5,7-10H,1-2H2,(H,11,12). The van der Waals surface area contributed by atoms with E-state index < -0.39 is 37.3 Å². The number of rotatable bonds is 5. The maximum absolute atomic E-state index is 10.0. The van der Waals surface area contributed by atoms with Gasteiger partial charge in [-0.05, 0) is 0 Å². The number of aliphatic carboxylic acids is 1. The fraction of sp³-hybridized carbons (Fsp3) is 0.833. The van der Waals surface area contributed by atoms with E-state index in [-0.39, 0.29) is 0 Å². The van der Waals surface area contributed by atoms with Crippen LogP contribution in [0.3, 0.4) is 0 Å². The Hall–Kier alpha value is -0.690. The average molecular weight is 180 g/mol. The normalized spacial score (nSPS) is 18.3. The molecule has 12 heavy (non-hydrogen) atoms. The van der Waals surface area contributed by atoms with Gasteiger partial charge in [-0.2, -0.15) is 0 Å². The second-order valence-corrected chi connectivity index (χ2v) is 2.41. The van der Waals surface area contributed by atoms with Crippen LogP contribution < -0.4 is 0 Å². The van der Waals surface area contributed by atoms with Crippen LogP contribution in [0.5, 0.6) is 0 Å². The Labute approximate surface area is 68.7 Å². The summed E-state index contributed by atoms with van der Waals surface area (Å²) in [5.74, 6) is -1.47. The highest BCUT2D eigenvalue weighted by Gasteiger charge is 2.23. The third kappa shape index (κ3) is 3.63. The van der Waals surface area contributed by atoms with Gasteiger partial charge in [-0.15, -0.1) is 0 Å². The molecule has 6 nitrogen and oxygen atoms in total. The molecule has 0 aromatic rings. The molecule has 0 amide bonds. The first-order valence-electron chi connectivity index (χ1n) is 3.37. The van der Waals surface area contributed by atoms with E-state index in [9.17, 15) is 4.79 Å². The Bertz CT molecular complexity index is 147. The van der Waals surface area contributed by atoms with Crippen LogP contribution in [0.2, 0.25) is 0 Å². The van der Waals surface area contributed by atoms with Crippen LogP contribution in [-0.4, -0.2) is 56.4 Å². The molecule has 0 bridgehead atoms. The predicted molar refractivity (Wildman–Crippen MR) is 37.4 cm³/mol. The van der Waals surface area contributed by atoms with Crippen molar-refractivity contribution < 1.29 is 30.3 Å². The molecule has 72 valence electrons. The van der Waals surface area contributed by atoms with E-state index in [1.807, 2.05) is 0 Å². The molecule has 0 fully saturated rings. The fourth-order valence-electron chi connectivity index (χ4n) is 0.608. The van der Waals surface area contributed by atoms with Crippen LogP contribution in [0.15, 0.2) is 0 Å². The van der Waals surface area contributed by atoms with Crippen LogP contribution >= 0.6 is 0 Å². The number of aliphatic hydroxyl groups excluding tert-OH is 4. The van der Waals surface area contributed by atoms with Gasteiger partial charge >= 0.3 is 5.97 Å². The second kappa shape index (κ2) is 5.04. The summed E-state index contributed by atoms with van der Waals surface area (Å²) in [7, 11) is 0. The Kier molecular flexibility index (Phi) is 4.75. The summed E-state index contributed by atoms with van der Waals surface area (Å²) in [6, 6.07) is 0. The van der Waals surface area contributed by atoms with Crippen molar-refractivity contribution in [3.8, 4) is 0 Å². The van der Waals surface area contributed by atoms with Gasteiger partial charge in [0.2, 0.25) is 0 Å². The topological polar surface area (TPSA) is 118 Å². The molecule has 3 atom stereocenters. The minimum atomic E-state index is -1.72. The van der Waals surface area contributed by atoms with E-state index in [1.54, 1.807) is 0 Å². The maximum Gasteiger partial charge on any atom is 0.332 e. The van der Waals surface area contributed by atoms with Crippen molar-refractivity contribution in [3.63, 3.8) is 0 Å². The van der Waals surface area contributed by atoms with E-state index in [0.29, 0.717) is 0 Å². The van der Waals surface area contributed by atoms with Crippen molar-refractivity contribution >= 4 is 5.97 Å². The fourth-order valence-corrected chi connectivity index (χ4v) is 0.608. The Balaban J connectivity index is 3.83. The molecular formula is C6H12O6. The number of carbonyl (C=O) groups is 1. The molecule has 0 aliphatic heterocycles. The lowest BCUT2D eigenvalue weighted by atomic mass is 10.1. The molecule has 0 aromatic carbocycles. The van der Waals surface area contributed by atoms with Crippen molar-refractivity contribution in [3.05, 3.63) is 0 Å². The van der Waals surface area contributed by atoms with Gasteiger partial charge < -0.3 is 25.5 Å². The average Bonchev–Trinajstić information content (AvgIpc) is 2.02. The number of hydrogen-bond acceptors (Lipinski definition) is 5. The highest BCUT2D eigenvalue weighted by Crippen LogP contribution is 2.02. The van der Waals surface area contributed by atoms with Crippen molar-refractivity contribution in [2.45, 2.75) is 24.7 Å². The molecule has 0 aliphatic carbocycles. The molecule has 0 rings (SSSR count). The van der Waals surface area contributed by atoms with Gasteiger partial charge in [0.15, 0.2) is 6.10 Å². The minimum Gasteiger partial charge on any atom is -0.479 e. The zero-order valence-electron chi connectivity index (χ0n) is 6.29. The van der Waals surface area contributed by atoms with Gasteiger partial charge in [0, 0.05) is 6.42 Å². The largest absolute Gasteiger partial charge is 0.479 e. The summed E-state index contributed by atoms with van der Waals surface area (Å²) >= 11 is 0. The Morgan fingerprint density at radius 2 is 1.67 bits per heavy atom. The van der Waals surface area contributed by atoms with Gasteiger partial charge in [0.25, 0.3) is 0 Å². The monoisotopic (exact) mass is 180 g/mol. The first kappa shape index (κ1) is 11.3. The molecule has 0 saturated heterocycles. The van der Waals surface area contributed by atoms with E-state index in [4.69, 9.17) is 25.5 Å². The number of hydrogen-bond donors (Lipinski definition) is 5. The molecule has 5 N–H and O–H groups in total. The lowest BCUT2D eigenvalue weighted by Gasteiger charge is -2.16. The third-order valence-corrected chi connectivity index (χ3v) is 1.38. The summed E-state index contributed by atoms with van der Waals surface area (Å²) in [4.78, 5) is 10.0. The SMILES string of the molecule is O=C(O)C(O)CC(O)C(O)CO. The lowest BCUT2D eigenvalue weighted by Crippen LogP contribution is -2.35. The molecule has 3 unspecified atom stereocenters. The molecule has 0 aliphatic rings. The summed E-state index contributed by atoms with van der Waals surface area (Å²) in [5, 5.41) is 42.8. The van der Waals surface area contributed by atoms with Crippen LogP contribution in [0.1, 0.15) is 6.42 Å². The Morgan fingerprint density at radius 3 is 2.00 bits per heavy atom. The second-order valence-electron chi connectivity index (χ2n) is 2.41. The quantitative estimate of drug-likeness (QED) is 0.320. The van der Waals surface area contributed by atoms with Crippen molar-refractivity contribution in [1.82, 2.24) is 0 Å². The van der Waals surface area contributed by atoms with E-state index >= 15 is 0 Å².